The van der Waals surface area contributed by atoms with E-state index in [2.05, 4.69) is 248 Å². The summed E-state index contributed by atoms with van der Waals surface area (Å²) in [5.41, 5.74) is 19.1. The zero-order valence-corrected chi connectivity index (χ0v) is 38.9. The van der Waals surface area contributed by atoms with Gasteiger partial charge in [0.25, 0.3) is 0 Å². The van der Waals surface area contributed by atoms with Gasteiger partial charge in [0, 0.05) is 61.1 Å². The molecule has 2 unspecified atom stereocenters. The highest BCUT2D eigenvalue weighted by Crippen LogP contribution is 2.45. The molecule has 9 aromatic carbocycles. The fourth-order valence-electron chi connectivity index (χ4n) is 11.3. The number of benzene rings is 9. The van der Waals surface area contributed by atoms with Gasteiger partial charge in [-0.05, 0) is 107 Å². The summed E-state index contributed by atoms with van der Waals surface area (Å²) in [6.45, 7) is 6.92. The number of hydrogen-bond acceptors (Lipinski definition) is 2. The normalized spacial score (nSPS) is 18.2. The van der Waals surface area contributed by atoms with Crippen LogP contribution in [0.15, 0.2) is 233 Å². The van der Waals surface area contributed by atoms with E-state index in [0.29, 0.717) is 0 Å². The molecule has 0 aliphatic carbocycles. The van der Waals surface area contributed by atoms with Crippen LogP contribution in [0.3, 0.4) is 0 Å². The minimum atomic E-state index is 0.0532. The second-order valence-electron chi connectivity index (χ2n) is 18.6. The van der Waals surface area contributed by atoms with Gasteiger partial charge in [-0.2, -0.15) is 0 Å². The van der Waals surface area contributed by atoms with Crippen LogP contribution in [0.1, 0.15) is 43.9 Å². The molecule has 0 spiro atoms. The Morgan fingerprint density at radius 2 is 1.12 bits per heavy atom. The second kappa shape index (κ2) is 16.4. The van der Waals surface area contributed by atoms with Crippen molar-refractivity contribution >= 4 is 82.5 Å². The third kappa shape index (κ3) is 6.54. The molecular formula is C65H49N3O. The lowest BCUT2D eigenvalue weighted by atomic mass is 9.81. The summed E-state index contributed by atoms with van der Waals surface area (Å²) in [5.74, 6) is 0.122. The first-order valence-electron chi connectivity index (χ1n) is 24.2. The molecule has 69 heavy (non-hydrogen) atoms. The lowest BCUT2D eigenvalue weighted by Gasteiger charge is -2.27. The molecule has 0 fully saturated rings. The van der Waals surface area contributed by atoms with E-state index in [1.165, 1.54) is 71.4 Å². The summed E-state index contributed by atoms with van der Waals surface area (Å²) in [7, 11) is 0. The van der Waals surface area contributed by atoms with Crippen molar-refractivity contribution in [1.82, 2.24) is 9.13 Å². The second-order valence-corrected chi connectivity index (χ2v) is 18.6. The Kier molecular flexibility index (Phi) is 9.69. The van der Waals surface area contributed by atoms with Crippen molar-refractivity contribution < 1.29 is 4.42 Å². The average Bonchev–Trinajstić information content (AvgIpc) is 4.07. The van der Waals surface area contributed by atoms with Crippen LogP contribution >= 0.6 is 0 Å². The van der Waals surface area contributed by atoms with Gasteiger partial charge in [0.15, 0.2) is 0 Å². The average molecular weight is 888 g/mol. The van der Waals surface area contributed by atoms with Crippen LogP contribution in [0.25, 0.3) is 99.3 Å². The Morgan fingerprint density at radius 1 is 0.478 bits per heavy atom. The smallest absolute Gasteiger partial charge is 0.136 e. The molecule has 4 nitrogen and oxygen atoms in total. The van der Waals surface area contributed by atoms with Gasteiger partial charge in [-0.25, -0.2) is 0 Å². The van der Waals surface area contributed by atoms with E-state index in [1.807, 2.05) is 0 Å². The molecular weight excluding hydrogens is 839 g/mol. The molecule has 0 radical (unpaired) electrons. The minimum absolute atomic E-state index is 0.0532. The third-order valence-electron chi connectivity index (χ3n) is 14.7. The fourth-order valence-corrected chi connectivity index (χ4v) is 11.3. The first kappa shape index (κ1) is 40.8. The van der Waals surface area contributed by atoms with Gasteiger partial charge in [0.2, 0.25) is 0 Å². The number of fused-ring (bicyclic) bond motifs is 10. The third-order valence-corrected chi connectivity index (χ3v) is 14.7. The maximum atomic E-state index is 6.72. The van der Waals surface area contributed by atoms with E-state index in [-0.39, 0.29) is 11.8 Å². The fraction of sp³-hybridized carbons (Fsp3) is 0.0923. The van der Waals surface area contributed by atoms with Gasteiger partial charge in [0.05, 0.1) is 33.5 Å². The Bertz CT molecular complexity index is 4070. The number of aromatic nitrogens is 2. The first-order valence-corrected chi connectivity index (χ1v) is 24.2. The van der Waals surface area contributed by atoms with Gasteiger partial charge in [-0.3, -0.25) is 4.99 Å². The van der Waals surface area contributed by atoms with Crippen molar-refractivity contribution in [1.29, 1.82) is 0 Å². The standard InChI is InChI=1S/C65H49N3O/c1-4-43-39-55(46-34-35-54-60(40-46)69-59-33-19-30-50(61(54)59)44-20-8-5-9-21-44)41(2)42(3)63(66-64(43)45-22-10-6-11-23-45)47-24-18-27-49(38-47)68-56-31-16-14-28-51(56)52-36-37-58-62(65(52)68)53-29-15-17-32-57(53)67(58)48-25-12-7-13-26-48/h5-41,43H,4H2,1-3H3/b55-39+,63-42-,66-64+. The molecule has 0 bridgehead atoms. The van der Waals surface area contributed by atoms with Crippen LogP contribution in [-0.2, 0) is 0 Å². The van der Waals surface area contributed by atoms with Gasteiger partial charge in [-0.1, -0.05) is 172 Å². The zero-order chi connectivity index (χ0) is 46.2. The molecule has 1 aliphatic heterocycles. The molecule has 0 saturated carbocycles. The first-order chi connectivity index (χ1) is 34.0. The Labute approximate surface area is 401 Å². The maximum Gasteiger partial charge on any atom is 0.136 e. The van der Waals surface area contributed by atoms with Crippen LogP contribution in [0.2, 0.25) is 0 Å². The predicted molar refractivity (Wildman–Crippen MR) is 291 cm³/mol. The largest absolute Gasteiger partial charge is 0.456 e. The van der Waals surface area contributed by atoms with Crippen molar-refractivity contribution in [3.05, 3.63) is 241 Å². The summed E-state index contributed by atoms with van der Waals surface area (Å²) in [5, 5.41) is 7.22. The Hall–Kier alpha value is -8.47. The minimum Gasteiger partial charge on any atom is -0.456 e. The highest BCUT2D eigenvalue weighted by molar-refractivity contribution is 6.26. The molecule has 13 rings (SSSR count). The summed E-state index contributed by atoms with van der Waals surface area (Å²) in [4.78, 5) is 5.80. The molecule has 0 N–H and O–H groups in total. The summed E-state index contributed by atoms with van der Waals surface area (Å²) >= 11 is 0. The highest BCUT2D eigenvalue weighted by atomic mass is 16.3. The van der Waals surface area contributed by atoms with E-state index in [4.69, 9.17) is 9.41 Å². The molecule has 0 saturated heterocycles. The van der Waals surface area contributed by atoms with Crippen molar-refractivity contribution in [3.8, 4) is 22.5 Å². The summed E-state index contributed by atoms with van der Waals surface area (Å²) in [6, 6.07) is 76.8. The van der Waals surface area contributed by atoms with Crippen LogP contribution in [-0.4, -0.2) is 14.8 Å². The number of furan rings is 1. The van der Waals surface area contributed by atoms with Crippen molar-refractivity contribution in [3.63, 3.8) is 0 Å². The SMILES string of the molecule is CCC1/C=C(/c2ccc3c(c2)oc2cccc(-c4ccccc4)c23)C(C)/C(C)=C(c2cccc(-n3c4ccccc4c4ccc5c(c6ccccc6n5-c5ccccc5)c43)c2)\N=C/1c1ccccc1. The summed E-state index contributed by atoms with van der Waals surface area (Å²) in [6.07, 6.45) is 3.39. The van der Waals surface area contributed by atoms with E-state index in [9.17, 15) is 0 Å². The Balaban J connectivity index is 1.01. The molecule has 330 valence electrons. The molecule has 3 aromatic heterocycles. The van der Waals surface area contributed by atoms with Gasteiger partial charge < -0.3 is 13.6 Å². The van der Waals surface area contributed by atoms with E-state index < -0.39 is 0 Å². The van der Waals surface area contributed by atoms with Gasteiger partial charge >= 0.3 is 0 Å². The van der Waals surface area contributed by atoms with Crippen LogP contribution in [0.4, 0.5) is 0 Å². The number of allylic oxidation sites excluding steroid dienone is 3. The van der Waals surface area contributed by atoms with E-state index in [1.54, 1.807) is 0 Å². The molecule has 1 aliphatic rings. The van der Waals surface area contributed by atoms with Crippen molar-refractivity contribution in [2.45, 2.75) is 27.2 Å². The number of para-hydroxylation sites is 3. The molecule has 12 aromatic rings. The van der Waals surface area contributed by atoms with Crippen LogP contribution < -0.4 is 0 Å². The van der Waals surface area contributed by atoms with Gasteiger partial charge in [0.1, 0.15) is 11.2 Å². The van der Waals surface area contributed by atoms with Crippen LogP contribution in [0.5, 0.6) is 0 Å². The van der Waals surface area contributed by atoms with Crippen LogP contribution in [0, 0.1) is 11.8 Å². The zero-order valence-electron chi connectivity index (χ0n) is 38.9. The predicted octanol–water partition coefficient (Wildman–Crippen LogP) is 17.4. The van der Waals surface area contributed by atoms with E-state index in [0.717, 1.165) is 62.3 Å². The van der Waals surface area contributed by atoms with E-state index >= 15 is 0 Å². The lowest BCUT2D eigenvalue weighted by Crippen LogP contribution is -2.18. The quantitative estimate of drug-likeness (QED) is 0.157. The van der Waals surface area contributed by atoms with Crippen molar-refractivity contribution in [2.24, 2.45) is 16.8 Å². The number of nitrogens with zero attached hydrogens (tertiary/aromatic N) is 3. The molecule has 2 atom stereocenters. The number of aliphatic imine (C=N–C) groups is 1. The maximum absolute atomic E-state index is 6.72. The lowest BCUT2D eigenvalue weighted by molar-refractivity contribution is 0.668. The van der Waals surface area contributed by atoms with Gasteiger partial charge in [-0.15, -0.1) is 0 Å². The summed E-state index contributed by atoms with van der Waals surface area (Å²) < 4.78 is 11.6. The highest BCUT2D eigenvalue weighted by Gasteiger charge is 2.27. The number of rotatable bonds is 7. The molecule has 4 heterocycles. The topological polar surface area (TPSA) is 35.4 Å². The molecule has 4 heteroatoms. The molecule has 0 amide bonds. The Morgan fingerprint density at radius 3 is 1.88 bits per heavy atom. The van der Waals surface area contributed by atoms with Crippen molar-refractivity contribution in [2.75, 3.05) is 0 Å². The number of hydrogen-bond donors (Lipinski definition) is 0. The monoisotopic (exact) mass is 887 g/mol.